The van der Waals surface area contributed by atoms with Gasteiger partial charge in [0.15, 0.2) is 0 Å². The van der Waals surface area contributed by atoms with Crippen LogP contribution in [0.5, 0.6) is 5.75 Å². The van der Waals surface area contributed by atoms with Crippen molar-refractivity contribution in [2.24, 2.45) is 16.9 Å². The lowest BCUT2D eigenvalue weighted by atomic mass is 9.76. The number of allylic oxidation sites excluding steroid dienone is 2. The van der Waals surface area contributed by atoms with E-state index in [-0.39, 0.29) is 23.8 Å². The number of amides is 1. The van der Waals surface area contributed by atoms with E-state index in [9.17, 15) is 4.79 Å². The maximum atomic E-state index is 13.1. The average Bonchev–Trinajstić information content (AvgIpc) is 2.69. The Morgan fingerprint density at radius 1 is 1.19 bits per heavy atom. The zero-order valence-electron chi connectivity index (χ0n) is 15.0. The molecule has 0 unspecified atom stereocenters. The summed E-state index contributed by atoms with van der Waals surface area (Å²) in [5, 5.41) is 10.6. The molecule has 0 spiro atoms. The van der Waals surface area contributed by atoms with Gasteiger partial charge in [0.2, 0.25) is 5.91 Å². The van der Waals surface area contributed by atoms with Gasteiger partial charge in [0, 0.05) is 5.92 Å². The molecule has 3 aliphatic rings. The highest BCUT2D eigenvalue weighted by atomic mass is 35.5. The molecule has 2 atom stereocenters. The quantitative estimate of drug-likeness (QED) is 0.827. The molecule has 4 rings (SSSR count). The molecule has 0 bridgehead atoms. The Hall–Kier alpha value is -1.85. The molecule has 26 heavy (non-hydrogen) atoms. The van der Waals surface area contributed by atoms with Crippen LogP contribution in [0.1, 0.15) is 31.2 Å². The first kappa shape index (κ1) is 17.6. The first-order chi connectivity index (χ1) is 12.7. The van der Waals surface area contributed by atoms with Crippen LogP contribution in [0.3, 0.4) is 0 Å². The van der Waals surface area contributed by atoms with Crippen LogP contribution in [0, 0.1) is 11.8 Å². The predicted octanol–water partition coefficient (Wildman–Crippen LogP) is 3.23. The fourth-order valence-corrected chi connectivity index (χ4v) is 4.47. The van der Waals surface area contributed by atoms with Crippen molar-refractivity contribution in [2.75, 3.05) is 20.2 Å². The largest absolute Gasteiger partial charge is 0.495 e. The number of nitrogens with one attached hydrogen (secondary N) is 1. The molecular weight excluding hydrogens is 350 g/mol. The van der Waals surface area contributed by atoms with E-state index in [0.29, 0.717) is 10.8 Å². The van der Waals surface area contributed by atoms with Gasteiger partial charge in [-0.25, -0.2) is 5.01 Å². The standard InChI is InChI=1S/C20H24ClN3O2/c1-26-18-7-6-13(12-17(18)21)19-15-4-2-3-5-16(15)20(25)24(23-19)14-8-10-22-11-9-14/h2-3,6-7,12,14-16,22H,4-5,8-11H2,1H3/t15-,16+/m1/s1. The summed E-state index contributed by atoms with van der Waals surface area (Å²) in [6.07, 6.45) is 7.81. The lowest BCUT2D eigenvalue weighted by molar-refractivity contribution is -0.141. The second-order valence-electron chi connectivity index (χ2n) is 7.15. The molecule has 2 heterocycles. The van der Waals surface area contributed by atoms with Crippen LogP contribution in [-0.2, 0) is 4.79 Å². The summed E-state index contributed by atoms with van der Waals surface area (Å²) in [5.74, 6) is 0.922. The third-order valence-electron chi connectivity index (χ3n) is 5.64. The fourth-order valence-electron chi connectivity index (χ4n) is 4.21. The maximum Gasteiger partial charge on any atom is 0.247 e. The Bertz CT molecular complexity index is 755. The number of halogens is 1. The van der Waals surface area contributed by atoms with Crippen LogP contribution in [0.25, 0.3) is 0 Å². The first-order valence-electron chi connectivity index (χ1n) is 9.30. The predicted molar refractivity (Wildman–Crippen MR) is 103 cm³/mol. The minimum Gasteiger partial charge on any atom is -0.495 e. The van der Waals surface area contributed by atoms with Gasteiger partial charge >= 0.3 is 0 Å². The van der Waals surface area contributed by atoms with Gasteiger partial charge in [-0.05, 0) is 62.5 Å². The summed E-state index contributed by atoms with van der Waals surface area (Å²) in [6.45, 7) is 1.86. The highest BCUT2D eigenvalue weighted by Gasteiger charge is 2.42. The zero-order chi connectivity index (χ0) is 18.1. The smallest absolute Gasteiger partial charge is 0.247 e. The third kappa shape index (κ3) is 3.14. The molecular formula is C20H24ClN3O2. The summed E-state index contributed by atoms with van der Waals surface area (Å²) in [5.41, 5.74) is 1.95. The summed E-state index contributed by atoms with van der Waals surface area (Å²) in [6, 6.07) is 5.96. The van der Waals surface area contributed by atoms with E-state index < -0.39 is 0 Å². The maximum absolute atomic E-state index is 13.1. The summed E-state index contributed by atoms with van der Waals surface area (Å²) in [7, 11) is 1.61. The van der Waals surface area contributed by atoms with Crippen molar-refractivity contribution in [3.8, 4) is 5.75 Å². The van der Waals surface area contributed by atoms with Crippen LogP contribution in [0.4, 0.5) is 0 Å². The summed E-state index contributed by atoms with van der Waals surface area (Å²) < 4.78 is 5.27. The number of hydrogen-bond donors (Lipinski definition) is 1. The Kier molecular flexibility index (Phi) is 5.00. The molecule has 6 heteroatoms. The molecule has 1 saturated heterocycles. The molecule has 138 valence electrons. The van der Waals surface area contributed by atoms with Crippen LogP contribution in [-0.4, -0.2) is 42.9 Å². The third-order valence-corrected chi connectivity index (χ3v) is 5.94. The normalized spacial score (nSPS) is 26.5. The Labute approximate surface area is 159 Å². The van der Waals surface area contributed by atoms with E-state index in [1.54, 1.807) is 12.1 Å². The van der Waals surface area contributed by atoms with Crippen molar-refractivity contribution in [1.29, 1.82) is 0 Å². The van der Waals surface area contributed by atoms with Gasteiger partial charge in [-0.1, -0.05) is 23.8 Å². The van der Waals surface area contributed by atoms with Gasteiger partial charge in [-0.15, -0.1) is 0 Å². The van der Waals surface area contributed by atoms with Gasteiger partial charge < -0.3 is 10.1 Å². The van der Waals surface area contributed by atoms with E-state index >= 15 is 0 Å². The number of rotatable bonds is 3. The van der Waals surface area contributed by atoms with E-state index in [2.05, 4.69) is 17.5 Å². The molecule has 1 fully saturated rings. The Morgan fingerprint density at radius 2 is 1.92 bits per heavy atom. The second-order valence-corrected chi connectivity index (χ2v) is 7.56. The van der Waals surface area contributed by atoms with Gasteiger partial charge in [-0.2, -0.15) is 5.10 Å². The summed E-state index contributed by atoms with van der Waals surface area (Å²) in [4.78, 5) is 13.1. The van der Waals surface area contributed by atoms with Gasteiger partial charge in [0.25, 0.3) is 0 Å². The average molecular weight is 374 g/mol. The number of benzene rings is 1. The number of hydrogen-bond acceptors (Lipinski definition) is 4. The SMILES string of the molecule is COc1ccc(C2=NN(C3CCNCC3)C(=O)[C@H]3CC=CC[C@@H]23)cc1Cl. The van der Waals surface area contributed by atoms with Gasteiger partial charge in [-0.3, -0.25) is 4.79 Å². The number of nitrogens with zero attached hydrogens (tertiary/aromatic N) is 2. The highest BCUT2D eigenvalue weighted by Crippen LogP contribution is 2.37. The molecule has 5 nitrogen and oxygen atoms in total. The molecule has 1 N–H and O–H groups in total. The minimum absolute atomic E-state index is 0.0248. The topological polar surface area (TPSA) is 53.9 Å². The number of methoxy groups -OCH3 is 1. The van der Waals surface area contributed by atoms with Crippen molar-refractivity contribution >= 4 is 23.2 Å². The number of carbonyl (C=O) groups is 1. The Morgan fingerprint density at radius 3 is 2.62 bits per heavy atom. The molecule has 1 aliphatic carbocycles. The highest BCUT2D eigenvalue weighted by molar-refractivity contribution is 6.32. The number of ether oxygens (including phenoxy) is 1. The lowest BCUT2D eigenvalue weighted by Crippen LogP contribution is -2.51. The number of piperidine rings is 1. The molecule has 0 radical (unpaired) electrons. The van der Waals surface area contributed by atoms with Gasteiger partial charge in [0.1, 0.15) is 5.75 Å². The van der Waals surface area contributed by atoms with Crippen molar-refractivity contribution < 1.29 is 9.53 Å². The molecule has 2 aliphatic heterocycles. The summed E-state index contributed by atoms with van der Waals surface area (Å²) >= 11 is 6.35. The van der Waals surface area contributed by atoms with Gasteiger partial charge in [0.05, 0.1) is 29.8 Å². The molecule has 0 aromatic heterocycles. The number of fused-ring (bicyclic) bond motifs is 1. The molecule has 1 aromatic rings. The van der Waals surface area contributed by atoms with Crippen molar-refractivity contribution in [1.82, 2.24) is 10.3 Å². The Balaban J connectivity index is 1.74. The second kappa shape index (κ2) is 7.41. The minimum atomic E-state index is -0.0248. The van der Waals surface area contributed by atoms with Crippen molar-refractivity contribution in [3.63, 3.8) is 0 Å². The first-order valence-corrected chi connectivity index (χ1v) is 9.68. The van der Waals surface area contributed by atoms with E-state index in [1.165, 1.54) is 0 Å². The zero-order valence-corrected chi connectivity index (χ0v) is 15.7. The van der Waals surface area contributed by atoms with Crippen molar-refractivity contribution in [3.05, 3.63) is 40.9 Å². The number of hydrazone groups is 1. The van der Waals surface area contributed by atoms with Crippen LogP contribution < -0.4 is 10.1 Å². The van der Waals surface area contributed by atoms with Crippen LogP contribution >= 0.6 is 11.6 Å². The van der Waals surface area contributed by atoms with E-state index in [0.717, 1.165) is 50.0 Å². The molecule has 0 saturated carbocycles. The number of carbonyl (C=O) groups excluding carboxylic acids is 1. The monoisotopic (exact) mass is 373 g/mol. The molecule has 1 amide bonds. The van der Waals surface area contributed by atoms with Crippen LogP contribution in [0.15, 0.2) is 35.5 Å². The fraction of sp³-hybridized carbons (Fsp3) is 0.500. The molecule has 1 aromatic carbocycles. The van der Waals surface area contributed by atoms with E-state index in [1.807, 2.05) is 18.2 Å². The van der Waals surface area contributed by atoms with Crippen LogP contribution in [0.2, 0.25) is 5.02 Å². The lowest BCUT2D eigenvalue weighted by Gasteiger charge is -2.41. The van der Waals surface area contributed by atoms with E-state index in [4.69, 9.17) is 21.4 Å². The van der Waals surface area contributed by atoms with Crippen molar-refractivity contribution in [2.45, 2.75) is 31.7 Å².